The van der Waals surface area contributed by atoms with Gasteiger partial charge in [0.05, 0.1) is 25.3 Å². The number of carbonyl (C=O) groups is 2. The van der Waals surface area contributed by atoms with Crippen molar-refractivity contribution >= 4 is 34.0 Å². The van der Waals surface area contributed by atoms with Crippen LogP contribution in [-0.2, 0) is 9.59 Å². The van der Waals surface area contributed by atoms with Crippen LogP contribution >= 0.6 is 0 Å². The van der Waals surface area contributed by atoms with E-state index < -0.39 is 17.7 Å². The number of hydrogen-bond acceptors (Lipinski definition) is 7. The lowest BCUT2D eigenvalue weighted by molar-refractivity contribution is -0.132. The molecule has 8 nitrogen and oxygen atoms in total. The molecule has 1 atom stereocenters. The van der Waals surface area contributed by atoms with Gasteiger partial charge in [-0.15, -0.1) is 0 Å². The highest BCUT2D eigenvalue weighted by Crippen LogP contribution is 2.44. The van der Waals surface area contributed by atoms with E-state index in [-0.39, 0.29) is 17.2 Å². The molecule has 1 aliphatic rings. The largest absolute Gasteiger partial charge is 0.507 e. The van der Waals surface area contributed by atoms with Gasteiger partial charge < -0.3 is 19.1 Å². The molecule has 0 aliphatic carbocycles. The minimum absolute atomic E-state index is 0.0536. The number of aryl methyl sites for hydroxylation is 1. The number of carbonyl (C=O) groups excluding carboxylic acids is 2. The highest BCUT2D eigenvalue weighted by atomic mass is 16.5. The van der Waals surface area contributed by atoms with Crippen molar-refractivity contribution in [3.05, 3.63) is 89.2 Å². The fourth-order valence-corrected chi connectivity index (χ4v) is 4.47. The number of amides is 1. The first-order valence-electron chi connectivity index (χ1n) is 11.5. The number of rotatable bonds is 6. The quantitative estimate of drug-likeness (QED) is 0.229. The maximum absolute atomic E-state index is 13.4. The lowest BCUT2D eigenvalue weighted by Crippen LogP contribution is -2.29. The molecular weight excluding hydrogens is 460 g/mol. The molecule has 1 fully saturated rings. The smallest absolute Gasteiger partial charge is 0.301 e. The molecule has 1 aromatic heterocycles. The van der Waals surface area contributed by atoms with Gasteiger partial charge in [-0.25, -0.2) is 0 Å². The highest BCUT2D eigenvalue weighted by Gasteiger charge is 2.48. The average Bonchev–Trinajstić information content (AvgIpc) is 3.43. The number of aliphatic hydroxyl groups is 1. The second-order valence-corrected chi connectivity index (χ2v) is 8.37. The molecule has 0 bridgehead atoms. The lowest BCUT2D eigenvalue weighted by atomic mass is 9.94. The van der Waals surface area contributed by atoms with Crippen LogP contribution in [0.2, 0.25) is 0 Å². The van der Waals surface area contributed by atoms with Crippen LogP contribution in [0.25, 0.3) is 16.5 Å². The third-order valence-corrected chi connectivity index (χ3v) is 6.13. The molecule has 0 radical (unpaired) electrons. The minimum Gasteiger partial charge on any atom is -0.507 e. The summed E-state index contributed by atoms with van der Waals surface area (Å²) in [4.78, 5) is 27.9. The molecule has 1 N–H and O–H groups in total. The molecule has 1 aliphatic heterocycles. The van der Waals surface area contributed by atoms with Crippen molar-refractivity contribution in [1.29, 1.82) is 0 Å². The number of Topliss-reactive ketones (excluding diaryl/α,β-unsaturated/α-hetero) is 1. The van der Waals surface area contributed by atoms with Crippen molar-refractivity contribution in [1.82, 2.24) is 5.16 Å². The number of fused-ring (bicyclic) bond motifs is 1. The van der Waals surface area contributed by atoms with Crippen molar-refractivity contribution in [3.8, 4) is 11.5 Å². The summed E-state index contributed by atoms with van der Waals surface area (Å²) in [6.45, 7) is 3.99. The van der Waals surface area contributed by atoms with E-state index in [4.69, 9.17) is 14.0 Å². The molecular formula is C28H24N2O6. The summed E-state index contributed by atoms with van der Waals surface area (Å²) in [5.41, 5.74) is 0.908. The predicted octanol–water partition coefficient (Wildman–Crippen LogP) is 5.17. The fraction of sp³-hybridized carbons (Fsp3) is 0.179. The first kappa shape index (κ1) is 23.2. The standard InChI is InChI=1S/C28H24N2O6/c1-4-35-21-12-11-19(15-22(21)34-3)25-24(27(32)28(33)30(25)23-13-16(2)36-29-23)26(31)20-10-9-17-7-5-6-8-18(17)14-20/h5-15,25,31H,4H2,1-3H3/b26-24+/t25-/m1/s1. The normalized spacial score (nSPS) is 17.1. The van der Waals surface area contributed by atoms with E-state index in [1.807, 2.05) is 37.3 Å². The van der Waals surface area contributed by atoms with Gasteiger partial charge in [0.15, 0.2) is 17.3 Å². The highest BCUT2D eigenvalue weighted by molar-refractivity contribution is 6.51. The van der Waals surface area contributed by atoms with Crippen LogP contribution in [0.3, 0.4) is 0 Å². The van der Waals surface area contributed by atoms with Crippen LogP contribution in [0.4, 0.5) is 5.82 Å². The summed E-state index contributed by atoms with van der Waals surface area (Å²) in [7, 11) is 1.51. The number of ketones is 1. The molecule has 1 amide bonds. The minimum atomic E-state index is -0.967. The number of ether oxygens (including phenoxy) is 2. The zero-order valence-electron chi connectivity index (χ0n) is 20.0. The second-order valence-electron chi connectivity index (χ2n) is 8.37. The van der Waals surface area contributed by atoms with Crippen molar-refractivity contribution in [2.24, 2.45) is 0 Å². The van der Waals surface area contributed by atoms with Crippen LogP contribution in [-0.4, -0.2) is 35.7 Å². The first-order chi connectivity index (χ1) is 17.4. The predicted molar refractivity (Wildman–Crippen MR) is 134 cm³/mol. The fourth-order valence-electron chi connectivity index (χ4n) is 4.47. The van der Waals surface area contributed by atoms with Crippen molar-refractivity contribution in [2.45, 2.75) is 19.9 Å². The van der Waals surface area contributed by atoms with E-state index in [0.29, 0.717) is 35.0 Å². The number of benzene rings is 3. The average molecular weight is 485 g/mol. The monoisotopic (exact) mass is 484 g/mol. The number of anilines is 1. The topological polar surface area (TPSA) is 102 Å². The van der Waals surface area contributed by atoms with Crippen molar-refractivity contribution in [2.75, 3.05) is 18.6 Å². The van der Waals surface area contributed by atoms with Crippen molar-refractivity contribution in [3.63, 3.8) is 0 Å². The molecule has 0 unspecified atom stereocenters. The molecule has 36 heavy (non-hydrogen) atoms. The molecule has 182 valence electrons. The summed E-state index contributed by atoms with van der Waals surface area (Å²) >= 11 is 0. The van der Waals surface area contributed by atoms with Crippen LogP contribution in [0.5, 0.6) is 11.5 Å². The number of hydrogen-bond donors (Lipinski definition) is 1. The maximum Gasteiger partial charge on any atom is 0.301 e. The van der Waals surface area contributed by atoms with Gasteiger partial charge in [0.2, 0.25) is 0 Å². The van der Waals surface area contributed by atoms with E-state index in [0.717, 1.165) is 10.8 Å². The number of nitrogens with zero attached hydrogens (tertiary/aromatic N) is 2. The SMILES string of the molecule is CCOc1ccc([C@@H]2/C(=C(\O)c3ccc4ccccc4c3)C(=O)C(=O)N2c2cc(C)on2)cc1OC. The van der Waals surface area contributed by atoms with Gasteiger partial charge >= 0.3 is 5.91 Å². The Labute approximate surface area is 207 Å². The van der Waals surface area contributed by atoms with Crippen LogP contribution < -0.4 is 14.4 Å². The summed E-state index contributed by atoms with van der Waals surface area (Å²) in [6.07, 6.45) is 0. The third kappa shape index (κ3) is 3.86. The summed E-state index contributed by atoms with van der Waals surface area (Å²) < 4.78 is 16.3. The maximum atomic E-state index is 13.4. The number of aromatic nitrogens is 1. The summed E-state index contributed by atoms with van der Waals surface area (Å²) in [6, 6.07) is 18.8. The Kier molecular flexibility index (Phi) is 5.93. The second kappa shape index (κ2) is 9.22. The van der Waals surface area contributed by atoms with E-state index in [2.05, 4.69) is 5.16 Å². The molecule has 2 heterocycles. The zero-order chi connectivity index (χ0) is 25.4. The Bertz CT molecular complexity index is 1520. The van der Waals surface area contributed by atoms with E-state index >= 15 is 0 Å². The Morgan fingerprint density at radius 3 is 2.50 bits per heavy atom. The van der Waals surface area contributed by atoms with Crippen LogP contribution in [0.1, 0.15) is 29.9 Å². The van der Waals surface area contributed by atoms with Gasteiger partial charge in [-0.3, -0.25) is 14.5 Å². The van der Waals surface area contributed by atoms with Crippen LogP contribution in [0, 0.1) is 6.92 Å². The Morgan fingerprint density at radius 1 is 1.03 bits per heavy atom. The van der Waals surface area contributed by atoms with E-state index in [9.17, 15) is 14.7 Å². The Morgan fingerprint density at radius 2 is 1.81 bits per heavy atom. The van der Waals surface area contributed by atoms with E-state index in [1.54, 1.807) is 43.3 Å². The van der Waals surface area contributed by atoms with Gasteiger partial charge in [0.1, 0.15) is 11.5 Å². The van der Waals surface area contributed by atoms with Gasteiger partial charge in [0.25, 0.3) is 5.78 Å². The number of aliphatic hydroxyl groups excluding tert-OH is 1. The van der Waals surface area contributed by atoms with Gasteiger partial charge in [-0.1, -0.05) is 47.6 Å². The summed E-state index contributed by atoms with van der Waals surface area (Å²) in [5, 5.41) is 17.3. The van der Waals surface area contributed by atoms with Gasteiger partial charge in [0, 0.05) is 11.6 Å². The van der Waals surface area contributed by atoms with Crippen LogP contribution in [0.15, 0.2) is 76.8 Å². The van der Waals surface area contributed by atoms with Crippen molar-refractivity contribution < 1.29 is 28.7 Å². The lowest BCUT2D eigenvalue weighted by Gasteiger charge is -2.23. The molecule has 0 spiro atoms. The number of methoxy groups -OCH3 is 1. The summed E-state index contributed by atoms with van der Waals surface area (Å²) in [5.74, 6) is -0.314. The van der Waals surface area contributed by atoms with Gasteiger partial charge in [-0.05, 0) is 48.4 Å². The Hall–Kier alpha value is -4.59. The molecule has 0 saturated carbocycles. The molecule has 1 saturated heterocycles. The molecule has 4 aromatic rings. The van der Waals surface area contributed by atoms with Gasteiger partial charge in [-0.2, -0.15) is 0 Å². The van der Waals surface area contributed by atoms with E-state index in [1.165, 1.54) is 12.0 Å². The molecule has 8 heteroatoms. The molecule has 3 aromatic carbocycles. The Balaban J connectivity index is 1.72. The zero-order valence-corrected chi connectivity index (χ0v) is 20.0. The third-order valence-electron chi connectivity index (χ3n) is 6.13. The first-order valence-corrected chi connectivity index (χ1v) is 11.5. The molecule has 5 rings (SSSR count).